The Balaban J connectivity index is 0.000000167. The molecule has 0 aromatic heterocycles. The topological polar surface area (TPSA) is 0 Å². The zero-order chi connectivity index (χ0) is 7.07. The minimum atomic E-state index is 0. The third-order valence-electron chi connectivity index (χ3n) is 2.50. The second-order valence-electron chi connectivity index (χ2n) is 3.54. The number of rotatable bonds is 0. The van der Waals surface area contributed by atoms with Gasteiger partial charge >= 0.3 is 23.1 Å². The van der Waals surface area contributed by atoms with E-state index in [1.54, 1.807) is 0 Å². The van der Waals surface area contributed by atoms with Gasteiger partial charge in [0.05, 0.1) is 0 Å². The van der Waals surface area contributed by atoms with Gasteiger partial charge in [0.25, 0.3) is 0 Å². The van der Waals surface area contributed by atoms with Crippen LogP contribution in [0, 0.1) is 0 Å². The van der Waals surface area contributed by atoms with Crippen LogP contribution >= 0.6 is 0 Å². The first-order valence-electron chi connectivity index (χ1n) is 5.00. The van der Waals surface area contributed by atoms with Gasteiger partial charge in [-0.3, -0.25) is 0 Å². The highest BCUT2D eigenvalue weighted by Gasteiger charge is 1.95. The molecule has 0 saturated heterocycles. The van der Waals surface area contributed by atoms with Crippen LogP contribution in [0.1, 0.15) is 64.2 Å². The molecule has 0 spiro atoms. The highest BCUT2D eigenvalue weighted by atomic mass is 24.3. The quantitative estimate of drug-likeness (QED) is 0.486. The van der Waals surface area contributed by atoms with Crippen molar-refractivity contribution in [1.82, 2.24) is 0 Å². The third-order valence-corrected chi connectivity index (χ3v) is 2.50. The first kappa shape index (κ1) is 11.8. The Kier molecular flexibility index (Phi) is 9.48. The summed E-state index contributed by atoms with van der Waals surface area (Å²) in [4.78, 5) is 0. The minimum Gasteiger partial charge on any atom is -0.0533 e. The van der Waals surface area contributed by atoms with Gasteiger partial charge in [0.15, 0.2) is 0 Å². The molecule has 2 rings (SSSR count). The molecule has 0 aromatic rings. The van der Waals surface area contributed by atoms with Gasteiger partial charge in [-0.1, -0.05) is 64.2 Å². The summed E-state index contributed by atoms with van der Waals surface area (Å²) in [6, 6.07) is 0. The Morgan fingerprint density at radius 1 is 0.273 bits per heavy atom. The van der Waals surface area contributed by atoms with Crippen molar-refractivity contribution in [2.45, 2.75) is 64.2 Å². The van der Waals surface area contributed by atoms with E-state index in [9.17, 15) is 0 Å². The minimum absolute atomic E-state index is 0. The molecule has 2 aliphatic carbocycles. The van der Waals surface area contributed by atoms with E-state index in [0.717, 1.165) is 0 Å². The van der Waals surface area contributed by atoms with Crippen LogP contribution in [-0.4, -0.2) is 23.1 Å². The molecule has 0 radical (unpaired) electrons. The summed E-state index contributed by atoms with van der Waals surface area (Å²) in [6.07, 6.45) is 15.0. The van der Waals surface area contributed by atoms with Gasteiger partial charge in [-0.15, -0.1) is 0 Å². The maximum Gasteiger partial charge on any atom is 0.316 e. The first-order chi connectivity index (χ1) is 5.00. The molecule has 11 heavy (non-hydrogen) atoms. The predicted molar refractivity (Wildman–Crippen MR) is 54.7 cm³/mol. The molecule has 0 aliphatic heterocycles. The van der Waals surface area contributed by atoms with Gasteiger partial charge in [-0.2, -0.15) is 0 Å². The molecule has 0 unspecified atom stereocenters. The van der Waals surface area contributed by atoms with Gasteiger partial charge in [0.1, 0.15) is 0 Å². The summed E-state index contributed by atoms with van der Waals surface area (Å²) in [6.45, 7) is 0. The SMILES string of the molecule is C1CCCC1.C1CCCC1.[MgH2]. The van der Waals surface area contributed by atoms with Gasteiger partial charge in [-0.05, 0) is 0 Å². The van der Waals surface area contributed by atoms with Crippen molar-refractivity contribution in [3.63, 3.8) is 0 Å². The lowest BCUT2D eigenvalue weighted by Gasteiger charge is -1.67. The van der Waals surface area contributed by atoms with Crippen molar-refractivity contribution in [2.24, 2.45) is 0 Å². The van der Waals surface area contributed by atoms with E-state index in [4.69, 9.17) is 0 Å². The average molecular weight is 167 g/mol. The molecule has 0 heterocycles. The molecule has 0 bridgehead atoms. The normalized spacial score (nSPS) is 21.8. The highest BCUT2D eigenvalue weighted by molar-refractivity contribution is 5.75. The van der Waals surface area contributed by atoms with Crippen LogP contribution in [0.3, 0.4) is 0 Å². The molecule has 2 saturated carbocycles. The molecule has 0 amide bonds. The van der Waals surface area contributed by atoms with E-state index in [-0.39, 0.29) is 23.1 Å². The van der Waals surface area contributed by atoms with Crippen LogP contribution in [0.15, 0.2) is 0 Å². The van der Waals surface area contributed by atoms with E-state index in [1.165, 1.54) is 64.2 Å². The monoisotopic (exact) mass is 166 g/mol. The molecule has 64 valence electrons. The molecule has 0 N–H and O–H groups in total. The lowest BCUT2D eigenvalue weighted by Crippen LogP contribution is -1.47. The fourth-order valence-electron chi connectivity index (χ4n) is 1.77. The van der Waals surface area contributed by atoms with E-state index in [0.29, 0.717) is 0 Å². The van der Waals surface area contributed by atoms with E-state index < -0.39 is 0 Å². The van der Waals surface area contributed by atoms with Gasteiger partial charge < -0.3 is 0 Å². The molecule has 0 nitrogen and oxygen atoms in total. The summed E-state index contributed by atoms with van der Waals surface area (Å²) < 4.78 is 0. The number of hydrogen-bond acceptors (Lipinski definition) is 0. The van der Waals surface area contributed by atoms with Crippen LogP contribution in [0.2, 0.25) is 0 Å². The number of hydrogen-bond donors (Lipinski definition) is 0. The summed E-state index contributed by atoms with van der Waals surface area (Å²) in [5, 5.41) is 0. The maximum absolute atomic E-state index is 1.50. The van der Waals surface area contributed by atoms with Gasteiger partial charge in [0.2, 0.25) is 0 Å². The fourth-order valence-corrected chi connectivity index (χ4v) is 1.77. The lowest BCUT2D eigenvalue weighted by molar-refractivity contribution is 0.886. The smallest absolute Gasteiger partial charge is 0.0533 e. The molecule has 0 atom stereocenters. The second-order valence-corrected chi connectivity index (χ2v) is 3.54. The zero-order valence-electron chi connectivity index (χ0n) is 7.07. The summed E-state index contributed by atoms with van der Waals surface area (Å²) in [5.41, 5.74) is 0. The molecule has 2 fully saturated rings. The fraction of sp³-hybridized carbons (Fsp3) is 1.00. The summed E-state index contributed by atoms with van der Waals surface area (Å²) in [5.74, 6) is 0. The standard InChI is InChI=1S/2C5H10.Mg.2H/c2*1-2-4-5-3-1;;;/h2*1-5H2;;;. The Morgan fingerprint density at radius 2 is 0.364 bits per heavy atom. The lowest BCUT2D eigenvalue weighted by atomic mass is 10.4. The Morgan fingerprint density at radius 3 is 0.455 bits per heavy atom. The third kappa shape index (κ3) is 7.14. The van der Waals surface area contributed by atoms with Crippen molar-refractivity contribution in [2.75, 3.05) is 0 Å². The second kappa shape index (κ2) is 8.86. The zero-order valence-corrected chi connectivity index (χ0v) is 7.07. The van der Waals surface area contributed by atoms with Crippen molar-refractivity contribution in [3.05, 3.63) is 0 Å². The van der Waals surface area contributed by atoms with Gasteiger partial charge in [-0.25, -0.2) is 0 Å². The van der Waals surface area contributed by atoms with Gasteiger partial charge in [0, 0.05) is 0 Å². The predicted octanol–water partition coefficient (Wildman–Crippen LogP) is 2.98. The van der Waals surface area contributed by atoms with Crippen molar-refractivity contribution in [1.29, 1.82) is 0 Å². The molecule has 1 heteroatoms. The molecule has 0 aromatic carbocycles. The summed E-state index contributed by atoms with van der Waals surface area (Å²) >= 11 is 0. The first-order valence-corrected chi connectivity index (χ1v) is 5.00. The van der Waals surface area contributed by atoms with E-state index in [2.05, 4.69) is 0 Å². The summed E-state index contributed by atoms with van der Waals surface area (Å²) in [7, 11) is 0. The van der Waals surface area contributed by atoms with Crippen LogP contribution in [-0.2, 0) is 0 Å². The van der Waals surface area contributed by atoms with Crippen LogP contribution in [0.4, 0.5) is 0 Å². The molecule has 2 aliphatic rings. The largest absolute Gasteiger partial charge is 0.316 e. The van der Waals surface area contributed by atoms with E-state index >= 15 is 0 Å². The highest BCUT2D eigenvalue weighted by Crippen LogP contribution is 2.15. The Labute approximate surface area is 87.3 Å². The Hall–Kier alpha value is 0.766. The average Bonchev–Trinajstić information content (AvgIpc) is 2.67. The van der Waals surface area contributed by atoms with Crippen molar-refractivity contribution < 1.29 is 0 Å². The molecular formula is C10H22Mg. The van der Waals surface area contributed by atoms with Crippen molar-refractivity contribution >= 4 is 23.1 Å². The van der Waals surface area contributed by atoms with E-state index in [1.807, 2.05) is 0 Å². The van der Waals surface area contributed by atoms with Crippen LogP contribution in [0.25, 0.3) is 0 Å². The van der Waals surface area contributed by atoms with Crippen LogP contribution in [0.5, 0.6) is 0 Å². The molecular weight excluding hydrogens is 144 g/mol. The maximum atomic E-state index is 1.50. The van der Waals surface area contributed by atoms with Crippen molar-refractivity contribution in [3.8, 4) is 0 Å². The Bertz CT molecular complexity index is 38.1. The van der Waals surface area contributed by atoms with Crippen LogP contribution < -0.4 is 0 Å².